The Morgan fingerprint density at radius 3 is 2.83 bits per heavy atom. The monoisotopic (exact) mass is 252 g/mol. The van der Waals surface area contributed by atoms with Gasteiger partial charge in [-0.05, 0) is 6.42 Å². The van der Waals surface area contributed by atoms with Crippen LogP contribution in [0.25, 0.3) is 0 Å². The lowest BCUT2D eigenvalue weighted by Gasteiger charge is -2.12. The zero-order chi connectivity index (χ0) is 13.5. The van der Waals surface area contributed by atoms with Crippen LogP contribution in [0, 0.1) is 0 Å². The fraction of sp³-hybridized carbons (Fsp3) is 0.692. The van der Waals surface area contributed by atoms with Crippen molar-refractivity contribution >= 4 is 5.91 Å². The third-order valence-electron chi connectivity index (χ3n) is 2.76. The second kappa shape index (κ2) is 7.16. The maximum Gasteiger partial charge on any atom is 0.222 e. The zero-order valence-corrected chi connectivity index (χ0v) is 11.8. The number of hydrogen-bond donors (Lipinski definition) is 1. The molecule has 0 aliphatic rings. The highest BCUT2D eigenvalue weighted by molar-refractivity contribution is 5.75. The van der Waals surface area contributed by atoms with Gasteiger partial charge in [0, 0.05) is 45.5 Å². The molecular weight excluding hydrogens is 228 g/mol. The van der Waals surface area contributed by atoms with E-state index in [4.69, 9.17) is 0 Å². The highest BCUT2D eigenvalue weighted by Gasteiger charge is 2.06. The van der Waals surface area contributed by atoms with Gasteiger partial charge in [0.05, 0.1) is 6.54 Å². The first-order chi connectivity index (χ1) is 8.50. The predicted octanol–water partition coefficient (Wildman–Crippen LogP) is 1.25. The SMILES string of the molecule is CC(C)NCc1nccn1CCCC(=O)N(C)C. The Morgan fingerprint density at radius 1 is 1.50 bits per heavy atom. The largest absolute Gasteiger partial charge is 0.349 e. The van der Waals surface area contributed by atoms with Crippen LogP contribution in [0.15, 0.2) is 12.4 Å². The van der Waals surface area contributed by atoms with Crippen LogP contribution >= 0.6 is 0 Å². The maximum absolute atomic E-state index is 11.5. The van der Waals surface area contributed by atoms with Crippen molar-refractivity contribution in [3.05, 3.63) is 18.2 Å². The summed E-state index contributed by atoms with van der Waals surface area (Å²) in [5.74, 6) is 1.21. The molecule has 0 saturated heterocycles. The van der Waals surface area contributed by atoms with Gasteiger partial charge in [0.15, 0.2) is 0 Å². The molecule has 1 heterocycles. The van der Waals surface area contributed by atoms with Crippen LogP contribution in [-0.2, 0) is 17.9 Å². The van der Waals surface area contributed by atoms with Crippen LogP contribution in [0.3, 0.4) is 0 Å². The van der Waals surface area contributed by atoms with Crippen molar-refractivity contribution < 1.29 is 4.79 Å². The van der Waals surface area contributed by atoms with E-state index in [0.717, 1.165) is 25.3 Å². The van der Waals surface area contributed by atoms with Gasteiger partial charge < -0.3 is 14.8 Å². The topological polar surface area (TPSA) is 50.2 Å². The third-order valence-corrected chi connectivity index (χ3v) is 2.76. The molecule has 0 atom stereocenters. The predicted molar refractivity (Wildman–Crippen MR) is 72.1 cm³/mol. The van der Waals surface area contributed by atoms with Crippen molar-refractivity contribution in [2.75, 3.05) is 14.1 Å². The van der Waals surface area contributed by atoms with Gasteiger partial charge in [-0.1, -0.05) is 13.8 Å². The number of nitrogens with one attached hydrogen (secondary N) is 1. The fourth-order valence-electron chi connectivity index (χ4n) is 1.63. The van der Waals surface area contributed by atoms with Gasteiger partial charge in [-0.15, -0.1) is 0 Å². The van der Waals surface area contributed by atoms with Gasteiger partial charge in [0.2, 0.25) is 5.91 Å². The summed E-state index contributed by atoms with van der Waals surface area (Å²) in [7, 11) is 3.58. The van der Waals surface area contributed by atoms with E-state index in [1.54, 1.807) is 19.0 Å². The van der Waals surface area contributed by atoms with Crippen LogP contribution in [-0.4, -0.2) is 40.5 Å². The first kappa shape index (κ1) is 14.7. The lowest BCUT2D eigenvalue weighted by atomic mass is 10.3. The number of aryl methyl sites for hydroxylation is 1. The summed E-state index contributed by atoms with van der Waals surface area (Å²) in [5, 5.41) is 3.35. The molecule has 0 saturated carbocycles. The van der Waals surface area contributed by atoms with Crippen molar-refractivity contribution in [1.82, 2.24) is 19.8 Å². The average Bonchev–Trinajstić information content (AvgIpc) is 2.73. The Morgan fingerprint density at radius 2 is 2.22 bits per heavy atom. The normalized spacial score (nSPS) is 10.9. The molecule has 0 aliphatic carbocycles. The second-order valence-electron chi connectivity index (χ2n) is 4.96. The Labute approximate surface area is 109 Å². The molecule has 1 amide bonds. The molecule has 0 aromatic carbocycles. The van der Waals surface area contributed by atoms with E-state index in [9.17, 15) is 4.79 Å². The summed E-state index contributed by atoms with van der Waals surface area (Å²) in [6.45, 7) is 5.84. The van der Waals surface area contributed by atoms with Crippen LogP contribution in [0.1, 0.15) is 32.5 Å². The van der Waals surface area contributed by atoms with Gasteiger partial charge in [-0.2, -0.15) is 0 Å². The minimum atomic E-state index is 0.178. The van der Waals surface area contributed by atoms with Crippen molar-refractivity contribution in [3.63, 3.8) is 0 Å². The van der Waals surface area contributed by atoms with E-state index in [-0.39, 0.29) is 5.91 Å². The number of aromatic nitrogens is 2. The Balaban J connectivity index is 2.38. The summed E-state index contributed by atoms with van der Waals surface area (Å²) in [4.78, 5) is 17.4. The Bertz CT molecular complexity index is 371. The summed E-state index contributed by atoms with van der Waals surface area (Å²) in [6, 6.07) is 0.450. The van der Waals surface area contributed by atoms with Gasteiger partial charge in [-0.3, -0.25) is 4.79 Å². The fourth-order valence-corrected chi connectivity index (χ4v) is 1.63. The van der Waals surface area contributed by atoms with Gasteiger partial charge >= 0.3 is 0 Å². The molecule has 18 heavy (non-hydrogen) atoms. The number of carbonyl (C=O) groups excluding carboxylic acids is 1. The molecule has 0 aliphatic heterocycles. The van der Waals surface area contributed by atoms with Gasteiger partial charge in [0.1, 0.15) is 5.82 Å². The number of hydrogen-bond acceptors (Lipinski definition) is 3. The molecular formula is C13H24N4O. The molecule has 1 rings (SSSR count). The van der Waals surface area contributed by atoms with E-state index < -0.39 is 0 Å². The standard InChI is InChI=1S/C13H24N4O/c1-11(2)15-10-12-14-7-9-17(12)8-5-6-13(18)16(3)4/h7,9,11,15H,5-6,8,10H2,1-4H3. The molecule has 1 aromatic heterocycles. The molecule has 0 fully saturated rings. The van der Waals surface area contributed by atoms with E-state index in [0.29, 0.717) is 12.5 Å². The van der Waals surface area contributed by atoms with E-state index in [2.05, 4.69) is 28.7 Å². The number of nitrogens with zero attached hydrogens (tertiary/aromatic N) is 3. The molecule has 1 aromatic rings. The minimum Gasteiger partial charge on any atom is -0.349 e. The molecule has 0 spiro atoms. The lowest BCUT2D eigenvalue weighted by molar-refractivity contribution is -0.128. The molecule has 0 radical (unpaired) electrons. The van der Waals surface area contributed by atoms with Crippen molar-refractivity contribution in [1.29, 1.82) is 0 Å². The lowest BCUT2D eigenvalue weighted by Crippen LogP contribution is -2.24. The van der Waals surface area contributed by atoms with Crippen LogP contribution < -0.4 is 5.32 Å². The number of imidazole rings is 1. The molecule has 0 bridgehead atoms. The second-order valence-corrected chi connectivity index (χ2v) is 4.96. The molecule has 0 unspecified atom stereocenters. The van der Waals surface area contributed by atoms with E-state index in [1.807, 2.05) is 12.4 Å². The van der Waals surface area contributed by atoms with Crippen LogP contribution in [0.5, 0.6) is 0 Å². The summed E-state index contributed by atoms with van der Waals surface area (Å²) < 4.78 is 2.11. The maximum atomic E-state index is 11.5. The van der Waals surface area contributed by atoms with Crippen molar-refractivity contribution in [2.24, 2.45) is 0 Å². The summed E-state index contributed by atoms with van der Waals surface area (Å²) in [6.07, 6.45) is 5.22. The molecule has 1 N–H and O–H groups in total. The van der Waals surface area contributed by atoms with Crippen molar-refractivity contribution in [3.8, 4) is 0 Å². The summed E-state index contributed by atoms with van der Waals surface area (Å²) in [5.41, 5.74) is 0. The third kappa shape index (κ3) is 4.87. The zero-order valence-electron chi connectivity index (χ0n) is 11.8. The molecule has 5 heteroatoms. The first-order valence-electron chi connectivity index (χ1n) is 6.44. The molecule has 102 valence electrons. The highest BCUT2D eigenvalue weighted by atomic mass is 16.2. The van der Waals surface area contributed by atoms with Gasteiger partial charge in [-0.25, -0.2) is 4.98 Å². The Kier molecular flexibility index (Phi) is 5.85. The summed E-state index contributed by atoms with van der Waals surface area (Å²) >= 11 is 0. The minimum absolute atomic E-state index is 0.178. The average molecular weight is 252 g/mol. The Hall–Kier alpha value is -1.36. The molecule has 5 nitrogen and oxygen atoms in total. The first-order valence-corrected chi connectivity index (χ1v) is 6.44. The quantitative estimate of drug-likeness (QED) is 0.794. The van der Waals surface area contributed by atoms with Crippen LogP contribution in [0.2, 0.25) is 0 Å². The number of rotatable bonds is 7. The number of carbonyl (C=O) groups is 1. The van der Waals surface area contributed by atoms with E-state index >= 15 is 0 Å². The smallest absolute Gasteiger partial charge is 0.222 e. The van der Waals surface area contributed by atoms with Crippen LogP contribution in [0.4, 0.5) is 0 Å². The van der Waals surface area contributed by atoms with E-state index in [1.165, 1.54) is 0 Å². The highest BCUT2D eigenvalue weighted by Crippen LogP contribution is 2.03. The number of amides is 1. The van der Waals surface area contributed by atoms with Gasteiger partial charge in [0.25, 0.3) is 0 Å². The van der Waals surface area contributed by atoms with Crippen molar-refractivity contribution in [2.45, 2.75) is 45.8 Å².